The Labute approximate surface area is 184 Å². The Bertz CT molecular complexity index is 1120. The molecule has 0 radical (unpaired) electrons. The molecule has 32 heavy (non-hydrogen) atoms. The minimum Gasteiger partial charge on any atom is -0.299 e. The summed E-state index contributed by atoms with van der Waals surface area (Å²) in [6.45, 7) is 1.73. The monoisotopic (exact) mass is 428 g/mol. The van der Waals surface area contributed by atoms with E-state index in [0.717, 1.165) is 9.80 Å². The molecular formula is C25H20N2O5. The zero-order valence-electron chi connectivity index (χ0n) is 17.3. The number of hydrogen-bond acceptors (Lipinski definition) is 5. The summed E-state index contributed by atoms with van der Waals surface area (Å²) in [5, 5.41) is 0. The lowest BCUT2D eigenvalue weighted by molar-refractivity contribution is -0.171. The van der Waals surface area contributed by atoms with Gasteiger partial charge in [-0.3, -0.25) is 33.8 Å². The fourth-order valence-corrected chi connectivity index (χ4v) is 6.69. The molecule has 7 rings (SSSR count). The number of amides is 4. The number of carbonyl (C=O) groups excluding carboxylic acids is 5. The van der Waals surface area contributed by atoms with Gasteiger partial charge < -0.3 is 0 Å². The van der Waals surface area contributed by atoms with Gasteiger partial charge in [-0.2, -0.15) is 0 Å². The van der Waals surface area contributed by atoms with E-state index in [1.165, 1.54) is 0 Å². The lowest BCUT2D eigenvalue weighted by Gasteiger charge is -2.54. The standard InChI is InChI=1S/C25H20N2O5/c1-25-12-15(28)16(17-19(25)23(31)26(21(17)29)13-8-4-2-5-9-13)18-20(25)24(32)27(22(18)30)14-10-6-3-7-11-14/h2-11,16-20H,12H2,1H3/t16?,17-,18+,19+,20-,25?. The van der Waals surface area contributed by atoms with Gasteiger partial charge in [0.2, 0.25) is 23.6 Å². The fourth-order valence-electron chi connectivity index (χ4n) is 6.69. The molecule has 2 aromatic rings. The number of anilines is 2. The Morgan fingerprint density at radius 2 is 1.03 bits per heavy atom. The molecule has 7 heteroatoms. The van der Waals surface area contributed by atoms with Gasteiger partial charge in [0.15, 0.2) is 0 Å². The second-order valence-corrected chi connectivity index (χ2v) is 9.38. The van der Waals surface area contributed by atoms with Crippen molar-refractivity contribution in [2.24, 2.45) is 35.0 Å². The number of nitrogens with zero attached hydrogens (tertiary/aromatic N) is 2. The smallest absolute Gasteiger partial charge is 0.238 e. The molecule has 0 aromatic heterocycles. The number of Topliss-reactive ketones (excluding diaryl/α,β-unsaturated/α-hetero) is 1. The summed E-state index contributed by atoms with van der Waals surface area (Å²) >= 11 is 0. The third kappa shape index (κ3) is 2.13. The van der Waals surface area contributed by atoms with Gasteiger partial charge in [-0.1, -0.05) is 43.3 Å². The van der Waals surface area contributed by atoms with Gasteiger partial charge in [0.25, 0.3) is 0 Å². The highest BCUT2D eigenvalue weighted by molar-refractivity contribution is 6.28. The number of imide groups is 2. The van der Waals surface area contributed by atoms with Crippen LogP contribution in [0.15, 0.2) is 60.7 Å². The predicted molar refractivity (Wildman–Crippen MR) is 113 cm³/mol. The molecule has 2 aliphatic heterocycles. The maximum Gasteiger partial charge on any atom is 0.238 e. The summed E-state index contributed by atoms with van der Waals surface area (Å²) in [4.78, 5) is 69.6. The van der Waals surface area contributed by atoms with E-state index in [0.29, 0.717) is 11.4 Å². The van der Waals surface area contributed by atoms with Crippen molar-refractivity contribution in [3.8, 4) is 0 Å². The first kappa shape index (κ1) is 19.1. The maximum absolute atomic E-state index is 13.6. The zero-order valence-corrected chi connectivity index (χ0v) is 17.3. The molecule has 2 unspecified atom stereocenters. The van der Waals surface area contributed by atoms with Crippen LogP contribution in [0.1, 0.15) is 13.3 Å². The zero-order chi connectivity index (χ0) is 22.4. The van der Waals surface area contributed by atoms with Crippen LogP contribution in [0, 0.1) is 35.0 Å². The number of para-hydroxylation sites is 2. The van der Waals surface area contributed by atoms with Crippen LogP contribution in [-0.2, 0) is 24.0 Å². The van der Waals surface area contributed by atoms with Crippen molar-refractivity contribution in [3.05, 3.63) is 60.7 Å². The summed E-state index contributed by atoms with van der Waals surface area (Å²) in [7, 11) is 0. The highest BCUT2D eigenvalue weighted by Gasteiger charge is 2.76. The van der Waals surface area contributed by atoms with E-state index >= 15 is 0 Å². The molecule has 0 spiro atoms. The van der Waals surface area contributed by atoms with Crippen molar-refractivity contribution in [2.75, 3.05) is 9.80 Å². The SMILES string of the molecule is CC12CC(=O)C([C@H]3C(=O)N(c4ccccc4)C(=O)[C@H]31)[C@@H]1C(=O)N(c3ccccc3)C(=O)[C@@H]12. The summed E-state index contributed by atoms with van der Waals surface area (Å²) in [6, 6.07) is 17.2. The molecule has 7 nitrogen and oxygen atoms in total. The Kier molecular flexibility index (Phi) is 3.71. The van der Waals surface area contributed by atoms with Crippen LogP contribution in [0.2, 0.25) is 0 Å². The number of fused-ring (bicyclic) bond motifs is 1. The van der Waals surface area contributed by atoms with Crippen molar-refractivity contribution >= 4 is 40.8 Å². The largest absolute Gasteiger partial charge is 0.299 e. The van der Waals surface area contributed by atoms with Crippen molar-refractivity contribution < 1.29 is 24.0 Å². The van der Waals surface area contributed by atoms with Crippen LogP contribution < -0.4 is 9.80 Å². The first-order chi connectivity index (χ1) is 15.4. The molecule has 3 saturated carbocycles. The van der Waals surface area contributed by atoms with Gasteiger partial charge in [0, 0.05) is 12.3 Å². The van der Waals surface area contributed by atoms with Crippen molar-refractivity contribution in [3.63, 3.8) is 0 Å². The van der Waals surface area contributed by atoms with Crippen LogP contribution >= 0.6 is 0 Å². The van der Waals surface area contributed by atoms with E-state index < -0.39 is 46.8 Å². The Hall–Kier alpha value is -3.61. The molecule has 6 atom stereocenters. The highest BCUT2D eigenvalue weighted by atomic mass is 16.2. The van der Waals surface area contributed by atoms with Crippen molar-refractivity contribution in [2.45, 2.75) is 13.3 Å². The Morgan fingerprint density at radius 3 is 1.44 bits per heavy atom. The van der Waals surface area contributed by atoms with E-state index in [-0.39, 0.29) is 24.0 Å². The normalized spacial score (nSPS) is 35.5. The molecule has 3 aliphatic carbocycles. The topological polar surface area (TPSA) is 91.8 Å². The lowest BCUT2D eigenvalue weighted by atomic mass is 9.44. The Balaban J connectivity index is 1.49. The summed E-state index contributed by atoms with van der Waals surface area (Å²) in [5.41, 5.74) is -0.199. The number of carbonyl (C=O) groups is 5. The molecule has 5 fully saturated rings. The second kappa shape index (κ2) is 6.22. The highest BCUT2D eigenvalue weighted by Crippen LogP contribution is 2.65. The van der Waals surface area contributed by atoms with Crippen LogP contribution in [-0.4, -0.2) is 29.4 Å². The van der Waals surface area contributed by atoms with Gasteiger partial charge in [-0.25, -0.2) is 0 Å². The molecule has 2 bridgehead atoms. The molecule has 5 aliphatic rings. The third-order valence-electron chi connectivity index (χ3n) is 7.85. The van der Waals surface area contributed by atoms with E-state index in [2.05, 4.69) is 0 Å². The van der Waals surface area contributed by atoms with Crippen LogP contribution in [0.3, 0.4) is 0 Å². The van der Waals surface area contributed by atoms with Gasteiger partial charge in [0.1, 0.15) is 5.78 Å². The van der Waals surface area contributed by atoms with Crippen molar-refractivity contribution in [1.29, 1.82) is 0 Å². The minimum absolute atomic E-state index is 0.0172. The van der Waals surface area contributed by atoms with Gasteiger partial charge >= 0.3 is 0 Å². The third-order valence-corrected chi connectivity index (χ3v) is 7.85. The number of ketones is 1. The number of hydrogen-bond donors (Lipinski definition) is 0. The molecule has 2 saturated heterocycles. The van der Waals surface area contributed by atoms with E-state index in [1.807, 2.05) is 0 Å². The fraction of sp³-hybridized carbons (Fsp3) is 0.320. The lowest BCUT2D eigenvalue weighted by Crippen LogP contribution is -2.62. The second-order valence-electron chi connectivity index (χ2n) is 9.38. The van der Waals surface area contributed by atoms with E-state index in [1.54, 1.807) is 67.6 Å². The number of benzene rings is 2. The summed E-state index contributed by atoms with van der Waals surface area (Å²) in [6.07, 6.45) is 0.0172. The van der Waals surface area contributed by atoms with Crippen molar-refractivity contribution in [1.82, 2.24) is 0 Å². The van der Waals surface area contributed by atoms with Crippen LogP contribution in [0.25, 0.3) is 0 Å². The average molecular weight is 428 g/mol. The molecule has 160 valence electrons. The summed E-state index contributed by atoms with van der Waals surface area (Å²) < 4.78 is 0. The van der Waals surface area contributed by atoms with Gasteiger partial charge in [0.05, 0.1) is 35.0 Å². The maximum atomic E-state index is 13.6. The van der Waals surface area contributed by atoms with Crippen LogP contribution in [0.4, 0.5) is 11.4 Å². The first-order valence-corrected chi connectivity index (χ1v) is 10.7. The van der Waals surface area contributed by atoms with Crippen LogP contribution in [0.5, 0.6) is 0 Å². The Morgan fingerprint density at radius 1 is 0.625 bits per heavy atom. The first-order valence-electron chi connectivity index (χ1n) is 10.7. The molecular weight excluding hydrogens is 408 g/mol. The predicted octanol–water partition coefficient (Wildman–Crippen LogP) is 2.21. The molecule has 2 aromatic carbocycles. The molecule has 0 N–H and O–H groups in total. The number of rotatable bonds is 2. The molecule has 4 amide bonds. The van der Waals surface area contributed by atoms with E-state index in [9.17, 15) is 24.0 Å². The van der Waals surface area contributed by atoms with E-state index in [4.69, 9.17) is 0 Å². The average Bonchev–Trinajstić information content (AvgIpc) is 3.21. The summed E-state index contributed by atoms with van der Waals surface area (Å²) in [5.74, 6) is -6.27. The van der Waals surface area contributed by atoms with Gasteiger partial charge in [-0.05, 0) is 29.7 Å². The quantitative estimate of drug-likeness (QED) is 0.684. The van der Waals surface area contributed by atoms with Gasteiger partial charge in [-0.15, -0.1) is 0 Å². The molecule has 2 heterocycles. The minimum atomic E-state index is -1.09.